The monoisotopic (exact) mass is 307 g/mol. The Hall–Kier alpha value is -3.49. The summed E-state index contributed by atoms with van der Waals surface area (Å²) in [7, 11) is 0. The molecular weight excluding hydrogens is 294 g/mol. The molecule has 0 spiro atoms. The third-order valence-electron chi connectivity index (χ3n) is 2.50. The molecule has 0 fully saturated rings. The second-order valence-corrected chi connectivity index (χ2v) is 4.08. The van der Waals surface area contributed by atoms with Gasteiger partial charge in [0.25, 0.3) is 5.69 Å². The van der Waals surface area contributed by atoms with E-state index in [9.17, 15) is 14.9 Å². The van der Waals surface area contributed by atoms with Gasteiger partial charge >= 0.3 is 5.97 Å². The molecule has 2 aromatic rings. The Kier molecular flexibility index (Phi) is 5.11. The van der Waals surface area contributed by atoms with Crippen LogP contribution >= 0.6 is 0 Å². The maximum atomic E-state index is 10.3. The van der Waals surface area contributed by atoms with Gasteiger partial charge in [-0.1, -0.05) is 0 Å². The number of phenols is 2. The van der Waals surface area contributed by atoms with Gasteiger partial charge < -0.3 is 26.8 Å². The fourth-order valence-electron chi connectivity index (χ4n) is 1.34. The smallest absolute Gasteiger partial charge is 0.335 e. The number of hydrogen-bond donors (Lipinski definition) is 5. The van der Waals surface area contributed by atoms with Crippen LogP contribution in [0.4, 0.5) is 17.1 Å². The largest absolute Gasteiger partial charge is 0.506 e. The molecule has 2 rings (SSSR count). The van der Waals surface area contributed by atoms with Gasteiger partial charge in [-0.15, -0.1) is 0 Å². The minimum atomic E-state index is -1.06. The molecule has 2 aromatic carbocycles. The van der Waals surface area contributed by atoms with Crippen molar-refractivity contribution in [1.29, 1.82) is 0 Å². The predicted octanol–water partition coefficient (Wildman–Crippen LogP) is 1.56. The van der Waals surface area contributed by atoms with E-state index in [-0.39, 0.29) is 34.1 Å². The number of carboxylic acids is 1. The molecule has 0 aliphatic carbocycles. The number of aromatic hydroxyl groups is 2. The first kappa shape index (κ1) is 16.6. The van der Waals surface area contributed by atoms with E-state index in [1.807, 2.05) is 0 Å². The lowest BCUT2D eigenvalue weighted by atomic mass is 10.2. The molecule has 9 heteroatoms. The van der Waals surface area contributed by atoms with Gasteiger partial charge in [-0.25, -0.2) is 4.79 Å². The molecule has 7 N–H and O–H groups in total. The molecule has 22 heavy (non-hydrogen) atoms. The minimum absolute atomic E-state index is 0.0131. The topological polar surface area (TPSA) is 173 Å². The van der Waals surface area contributed by atoms with Gasteiger partial charge in [-0.3, -0.25) is 10.1 Å². The summed E-state index contributed by atoms with van der Waals surface area (Å²) in [4.78, 5) is 19.9. The highest BCUT2D eigenvalue weighted by Crippen LogP contribution is 2.24. The van der Waals surface area contributed by atoms with Gasteiger partial charge in [0, 0.05) is 12.1 Å². The van der Waals surface area contributed by atoms with Gasteiger partial charge in [0.1, 0.15) is 11.5 Å². The molecule has 0 radical (unpaired) electrons. The molecule has 0 atom stereocenters. The Bertz CT molecular complexity index is 655. The van der Waals surface area contributed by atoms with Crippen LogP contribution in [0.2, 0.25) is 0 Å². The number of rotatable bonds is 2. The summed E-state index contributed by atoms with van der Waals surface area (Å²) in [6.45, 7) is 0. The molecule has 0 amide bonds. The third-order valence-corrected chi connectivity index (χ3v) is 2.50. The van der Waals surface area contributed by atoms with E-state index in [4.69, 9.17) is 26.8 Å². The molecule has 116 valence electrons. The SMILES string of the molecule is Nc1cc(C(=O)O)ccc1O.Nc1cc([N+](=O)[O-])ccc1O. The Morgan fingerprint density at radius 1 is 1.00 bits per heavy atom. The Morgan fingerprint density at radius 2 is 1.50 bits per heavy atom. The van der Waals surface area contributed by atoms with Crippen LogP contribution in [0.5, 0.6) is 11.5 Å². The zero-order chi connectivity index (χ0) is 16.9. The summed E-state index contributed by atoms with van der Waals surface area (Å²) in [6, 6.07) is 7.22. The van der Waals surface area contributed by atoms with Crippen molar-refractivity contribution in [1.82, 2.24) is 0 Å². The number of nitro groups is 1. The summed E-state index contributed by atoms with van der Waals surface area (Å²) in [5, 5.41) is 36.4. The lowest BCUT2D eigenvalue weighted by Gasteiger charge is -1.98. The van der Waals surface area contributed by atoms with E-state index in [0.29, 0.717) is 0 Å². The summed E-state index contributed by atoms with van der Waals surface area (Å²) in [5.74, 6) is -1.30. The first-order chi connectivity index (χ1) is 10.2. The van der Waals surface area contributed by atoms with Crippen molar-refractivity contribution in [3.8, 4) is 11.5 Å². The molecule has 9 nitrogen and oxygen atoms in total. The highest BCUT2D eigenvalue weighted by Gasteiger charge is 2.06. The normalized spacial score (nSPS) is 9.45. The summed E-state index contributed by atoms with van der Waals surface area (Å²) in [5.41, 5.74) is 10.5. The van der Waals surface area contributed by atoms with Gasteiger partial charge in [0.2, 0.25) is 0 Å². The molecule has 0 aliphatic heterocycles. The number of non-ortho nitro benzene ring substituents is 1. The van der Waals surface area contributed by atoms with Crippen molar-refractivity contribution in [3.63, 3.8) is 0 Å². The quantitative estimate of drug-likeness (QED) is 0.240. The number of nitrogen functional groups attached to an aromatic ring is 2. The standard InChI is InChI=1S/C7H7NO3.C6H6N2O3/c8-5-3-4(7(10)11)1-2-6(5)9;7-5-3-4(8(10)11)1-2-6(5)9/h1-3,9H,8H2,(H,10,11);1-3,9H,7H2. The fraction of sp³-hybridized carbons (Fsp3) is 0. The summed E-state index contributed by atoms with van der Waals surface area (Å²) in [6.07, 6.45) is 0. The number of nitrogens with two attached hydrogens (primary N) is 2. The number of anilines is 2. The van der Waals surface area contributed by atoms with Crippen molar-refractivity contribution in [2.75, 3.05) is 11.5 Å². The maximum Gasteiger partial charge on any atom is 0.335 e. The molecule has 0 bridgehead atoms. The lowest BCUT2D eigenvalue weighted by Crippen LogP contribution is -1.97. The second-order valence-electron chi connectivity index (χ2n) is 4.08. The Morgan fingerprint density at radius 3 is 1.91 bits per heavy atom. The molecule has 0 aromatic heterocycles. The van der Waals surface area contributed by atoms with E-state index < -0.39 is 10.9 Å². The highest BCUT2D eigenvalue weighted by atomic mass is 16.6. The number of carbonyl (C=O) groups is 1. The van der Waals surface area contributed by atoms with Crippen LogP contribution in [-0.2, 0) is 0 Å². The first-order valence-corrected chi connectivity index (χ1v) is 5.77. The number of hydrogen-bond acceptors (Lipinski definition) is 7. The molecule has 0 unspecified atom stereocenters. The average Bonchev–Trinajstić information content (AvgIpc) is 2.45. The summed E-state index contributed by atoms with van der Waals surface area (Å²) < 4.78 is 0. The van der Waals surface area contributed by atoms with Gasteiger partial charge in [0.05, 0.1) is 21.9 Å². The Balaban J connectivity index is 0.000000220. The van der Waals surface area contributed by atoms with Crippen molar-refractivity contribution in [3.05, 3.63) is 52.1 Å². The zero-order valence-corrected chi connectivity index (χ0v) is 11.1. The number of phenolic OH excluding ortho intramolecular Hbond substituents is 2. The molecule has 0 saturated carbocycles. The van der Waals surface area contributed by atoms with Crippen LogP contribution in [0.3, 0.4) is 0 Å². The number of nitro benzene ring substituents is 1. The third kappa shape index (κ3) is 4.27. The van der Waals surface area contributed by atoms with Crippen molar-refractivity contribution in [2.24, 2.45) is 0 Å². The van der Waals surface area contributed by atoms with E-state index in [0.717, 1.165) is 6.07 Å². The van der Waals surface area contributed by atoms with E-state index in [1.165, 1.54) is 30.3 Å². The number of nitrogens with zero attached hydrogens (tertiary/aromatic N) is 1. The lowest BCUT2D eigenvalue weighted by molar-refractivity contribution is -0.384. The highest BCUT2D eigenvalue weighted by molar-refractivity contribution is 5.89. The van der Waals surface area contributed by atoms with E-state index in [2.05, 4.69) is 0 Å². The molecular formula is C13H13N3O6. The first-order valence-electron chi connectivity index (χ1n) is 5.77. The van der Waals surface area contributed by atoms with E-state index >= 15 is 0 Å². The van der Waals surface area contributed by atoms with Crippen molar-refractivity contribution >= 4 is 23.0 Å². The molecule has 0 aliphatic rings. The fourth-order valence-corrected chi connectivity index (χ4v) is 1.34. The van der Waals surface area contributed by atoms with Gasteiger partial charge in [-0.05, 0) is 24.3 Å². The summed E-state index contributed by atoms with van der Waals surface area (Å²) >= 11 is 0. The van der Waals surface area contributed by atoms with Crippen molar-refractivity contribution in [2.45, 2.75) is 0 Å². The van der Waals surface area contributed by atoms with Gasteiger partial charge in [-0.2, -0.15) is 0 Å². The van der Waals surface area contributed by atoms with Gasteiger partial charge in [0.15, 0.2) is 0 Å². The van der Waals surface area contributed by atoms with Crippen LogP contribution < -0.4 is 11.5 Å². The van der Waals surface area contributed by atoms with Crippen LogP contribution in [-0.4, -0.2) is 26.2 Å². The average molecular weight is 307 g/mol. The molecule has 0 saturated heterocycles. The van der Waals surface area contributed by atoms with Crippen LogP contribution in [0.25, 0.3) is 0 Å². The zero-order valence-electron chi connectivity index (χ0n) is 11.1. The maximum absolute atomic E-state index is 10.3. The predicted molar refractivity (Wildman–Crippen MR) is 78.7 cm³/mol. The second kappa shape index (κ2) is 6.79. The Labute approximate surface area is 124 Å². The number of carboxylic acid groups (broad SMARTS) is 1. The van der Waals surface area contributed by atoms with Crippen LogP contribution in [0.15, 0.2) is 36.4 Å². The number of benzene rings is 2. The van der Waals surface area contributed by atoms with E-state index in [1.54, 1.807) is 0 Å². The van der Waals surface area contributed by atoms with Crippen LogP contribution in [0, 0.1) is 10.1 Å². The van der Waals surface area contributed by atoms with Crippen LogP contribution in [0.1, 0.15) is 10.4 Å². The molecule has 0 heterocycles. The minimum Gasteiger partial charge on any atom is -0.506 e. The number of aromatic carboxylic acids is 1. The van der Waals surface area contributed by atoms with Crippen molar-refractivity contribution < 1.29 is 25.0 Å².